The van der Waals surface area contributed by atoms with Crippen LogP contribution in [0.25, 0.3) is 10.9 Å². The van der Waals surface area contributed by atoms with Crippen LogP contribution in [-0.2, 0) is 4.79 Å². The van der Waals surface area contributed by atoms with Crippen LogP contribution in [0.3, 0.4) is 0 Å². The van der Waals surface area contributed by atoms with E-state index in [1.807, 2.05) is 38.3 Å². The SMILES string of the molecule is CC#CC(C)(C)NC(=O)C(SC)Sc1ccc2ncc(Br)cc2c1. The second-order valence-corrected chi connectivity index (χ2v) is 9.02. The van der Waals surface area contributed by atoms with E-state index in [0.29, 0.717) is 0 Å². The minimum Gasteiger partial charge on any atom is -0.339 e. The molecule has 1 aromatic heterocycles. The van der Waals surface area contributed by atoms with Crippen LogP contribution in [0.2, 0.25) is 0 Å². The summed E-state index contributed by atoms with van der Waals surface area (Å²) in [6.07, 6.45) is 3.72. The normalized spacial score (nSPS) is 12.4. The summed E-state index contributed by atoms with van der Waals surface area (Å²) in [5.41, 5.74) is 0.408. The number of hydrogen-bond acceptors (Lipinski definition) is 4. The van der Waals surface area contributed by atoms with Crippen molar-refractivity contribution in [2.75, 3.05) is 6.26 Å². The number of nitrogens with zero attached hydrogens (tertiary/aromatic N) is 1. The number of amides is 1. The van der Waals surface area contributed by atoms with Crippen molar-refractivity contribution in [2.45, 2.75) is 35.8 Å². The lowest BCUT2D eigenvalue weighted by Crippen LogP contribution is -2.45. The summed E-state index contributed by atoms with van der Waals surface area (Å²) in [5, 5.41) is 4.05. The molecule has 1 unspecified atom stereocenters. The molecule has 1 aromatic carbocycles. The highest BCUT2D eigenvalue weighted by atomic mass is 79.9. The molecule has 3 nitrogen and oxygen atoms in total. The number of hydrogen-bond donors (Lipinski definition) is 1. The van der Waals surface area contributed by atoms with Gasteiger partial charge in [0.15, 0.2) is 0 Å². The molecule has 2 rings (SSSR count). The molecule has 2 aromatic rings. The summed E-state index contributed by atoms with van der Waals surface area (Å²) in [6, 6.07) is 8.07. The molecule has 0 saturated carbocycles. The number of thioether (sulfide) groups is 2. The Labute approximate surface area is 159 Å². The number of rotatable bonds is 5. The van der Waals surface area contributed by atoms with E-state index in [0.717, 1.165) is 20.3 Å². The topological polar surface area (TPSA) is 42.0 Å². The highest BCUT2D eigenvalue weighted by Gasteiger charge is 2.24. The summed E-state index contributed by atoms with van der Waals surface area (Å²) in [5.74, 6) is 5.85. The smallest absolute Gasteiger partial charge is 0.244 e. The molecule has 0 bridgehead atoms. The predicted octanol–water partition coefficient (Wildman–Crippen LogP) is 4.70. The summed E-state index contributed by atoms with van der Waals surface area (Å²) < 4.78 is 0.705. The van der Waals surface area contributed by atoms with Crippen molar-refractivity contribution in [1.29, 1.82) is 0 Å². The lowest BCUT2D eigenvalue weighted by Gasteiger charge is -2.23. The van der Waals surface area contributed by atoms with Gasteiger partial charge in [-0.2, -0.15) is 0 Å². The largest absolute Gasteiger partial charge is 0.339 e. The Morgan fingerprint density at radius 1 is 1.38 bits per heavy atom. The van der Waals surface area contributed by atoms with E-state index < -0.39 is 5.54 Å². The minimum absolute atomic E-state index is 0.0206. The van der Waals surface area contributed by atoms with Crippen molar-refractivity contribution in [2.24, 2.45) is 0 Å². The van der Waals surface area contributed by atoms with Crippen molar-refractivity contribution in [3.63, 3.8) is 0 Å². The third-order valence-corrected chi connectivity index (χ3v) is 6.06. The van der Waals surface area contributed by atoms with Gasteiger partial charge in [0.25, 0.3) is 0 Å². The summed E-state index contributed by atoms with van der Waals surface area (Å²) in [7, 11) is 0. The second-order valence-electron chi connectivity index (χ2n) is 5.68. The Bertz CT molecular complexity index is 812. The molecule has 1 amide bonds. The predicted molar refractivity (Wildman–Crippen MR) is 108 cm³/mol. The van der Waals surface area contributed by atoms with E-state index in [2.05, 4.69) is 44.1 Å². The molecule has 1 N–H and O–H groups in total. The van der Waals surface area contributed by atoms with Gasteiger partial charge < -0.3 is 5.32 Å². The van der Waals surface area contributed by atoms with Crippen molar-refractivity contribution < 1.29 is 4.79 Å². The van der Waals surface area contributed by atoms with E-state index >= 15 is 0 Å². The highest BCUT2D eigenvalue weighted by molar-refractivity contribution is 9.10. The molecule has 0 aliphatic heterocycles. The fourth-order valence-corrected chi connectivity index (χ4v) is 4.29. The number of carbonyl (C=O) groups excluding carboxylic acids is 1. The number of nitrogens with one attached hydrogen (secondary N) is 1. The molecule has 1 heterocycles. The minimum atomic E-state index is -0.529. The first-order valence-corrected chi connectivity index (χ1v) is 10.3. The molecule has 126 valence electrons. The van der Waals surface area contributed by atoms with Crippen LogP contribution in [0.5, 0.6) is 0 Å². The van der Waals surface area contributed by atoms with Gasteiger partial charge in [-0.25, -0.2) is 0 Å². The van der Waals surface area contributed by atoms with Crippen LogP contribution < -0.4 is 5.32 Å². The Morgan fingerprint density at radius 3 is 2.79 bits per heavy atom. The van der Waals surface area contributed by atoms with Crippen molar-refractivity contribution in [3.8, 4) is 11.8 Å². The van der Waals surface area contributed by atoms with E-state index in [1.54, 1.807) is 13.1 Å². The van der Waals surface area contributed by atoms with Crippen LogP contribution in [0, 0.1) is 11.8 Å². The quantitative estimate of drug-likeness (QED) is 0.430. The molecule has 0 aliphatic carbocycles. The lowest BCUT2D eigenvalue weighted by atomic mass is 10.1. The molecule has 0 aliphatic rings. The lowest BCUT2D eigenvalue weighted by molar-refractivity contribution is -0.120. The maximum absolute atomic E-state index is 12.5. The van der Waals surface area contributed by atoms with Crippen LogP contribution in [0.4, 0.5) is 0 Å². The van der Waals surface area contributed by atoms with Gasteiger partial charge in [0.2, 0.25) is 5.91 Å². The molecule has 0 saturated heterocycles. The molecular weight excluding hydrogens is 404 g/mol. The number of aromatic nitrogens is 1. The van der Waals surface area contributed by atoms with Crippen LogP contribution in [0.1, 0.15) is 20.8 Å². The van der Waals surface area contributed by atoms with Gasteiger partial charge in [-0.1, -0.05) is 5.92 Å². The van der Waals surface area contributed by atoms with E-state index in [4.69, 9.17) is 0 Å². The Morgan fingerprint density at radius 2 is 2.12 bits per heavy atom. The third kappa shape index (κ3) is 5.17. The number of carbonyl (C=O) groups is 1. The van der Waals surface area contributed by atoms with Gasteiger partial charge in [0.1, 0.15) is 4.58 Å². The molecule has 0 radical (unpaired) electrons. The van der Waals surface area contributed by atoms with Crippen LogP contribution in [-0.4, -0.2) is 27.3 Å². The number of fused-ring (bicyclic) bond motifs is 1. The zero-order valence-electron chi connectivity index (χ0n) is 14.0. The van der Waals surface area contributed by atoms with Crippen molar-refractivity contribution in [3.05, 3.63) is 34.9 Å². The van der Waals surface area contributed by atoms with Crippen molar-refractivity contribution >= 4 is 56.3 Å². The van der Waals surface area contributed by atoms with E-state index in [9.17, 15) is 4.79 Å². The molecule has 0 fully saturated rings. The first-order valence-electron chi connectivity index (χ1n) is 7.35. The van der Waals surface area contributed by atoms with Gasteiger partial charge >= 0.3 is 0 Å². The van der Waals surface area contributed by atoms with Gasteiger partial charge in [0, 0.05) is 21.0 Å². The molecular formula is C18H19BrN2OS2. The van der Waals surface area contributed by atoms with Gasteiger partial charge in [-0.3, -0.25) is 9.78 Å². The number of halogens is 1. The second kappa shape index (κ2) is 8.28. The van der Waals surface area contributed by atoms with E-state index in [1.165, 1.54) is 23.5 Å². The maximum atomic E-state index is 12.5. The maximum Gasteiger partial charge on any atom is 0.244 e. The van der Waals surface area contributed by atoms with Gasteiger partial charge in [-0.05, 0) is 67.2 Å². The molecule has 1 atom stereocenters. The van der Waals surface area contributed by atoms with Crippen LogP contribution in [0.15, 0.2) is 39.8 Å². The average molecular weight is 423 g/mol. The average Bonchev–Trinajstić information content (AvgIpc) is 2.51. The van der Waals surface area contributed by atoms with Crippen molar-refractivity contribution in [1.82, 2.24) is 10.3 Å². The molecule has 24 heavy (non-hydrogen) atoms. The van der Waals surface area contributed by atoms with Gasteiger partial charge in [0.05, 0.1) is 11.1 Å². The zero-order chi connectivity index (χ0) is 17.7. The number of pyridine rings is 1. The highest BCUT2D eigenvalue weighted by Crippen LogP contribution is 2.32. The molecule has 6 heteroatoms. The standard InChI is InChI=1S/C18H19BrN2OS2/c1-5-8-18(2,3)21-16(22)17(23-4)24-14-6-7-15-12(10-14)9-13(19)11-20-15/h6-7,9-11,17H,1-4H3,(H,21,22). The summed E-state index contributed by atoms with van der Waals surface area (Å²) in [6.45, 7) is 5.58. The first-order chi connectivity index (χ1) is 11.3. The Hall–Kier alpha value is -1.16. The Balaban J connectivity index is 2.17. The summed E-state index contributed by atoms with van der Waals surface area (Å²) >= 11 is 6.50. The fourth-order valence-electron chi connectivity index (χ4n) is 2.20. The van der Waals surface area contributed by atoms with Gasteiger partial charge in [-0.15, -0.1) is 29.4 Å². The van der Waals surface area contributed by atoms with Crippen LogP contribution >= 0.6 is 39.5 Å². The Kier molecular flexibility index (Phi) is 6.62. The first kappa shape index (κ1) is 19.2. The number of benzene rings is 1. The monoisotopic (exact) mass is 422 g/mol. The summed E-state index contributed by atoms with van der Waals surface area (Å²) in [4.78, 5) is 18.0. The van der Waals surface area contributed by atoms with E-state index in [-0.39, 0.29) is 10.5 Å². The fraction of sp³-hybridized carbons (Fsp3) is 0.333. The third-order valence-electron chi connectivity index (χ3n) is 3.16. The zero-order valence-corrected chi connectivity index (χ0v) is 17.2. The molecule has 0 spiro atoms.